The van der Waals surface area contributed by atoms with E-state index in [1.807, 2.05) is 11.8 Å². The molecule has 1 aliphatic heterocycles. The van der Waals surface area contributed by atoms with Crippen molar-refractivity contribution in [2.75, 3.05) is 11.9 Å². The van der Waals surface area contributed by atoms with Crippen LogP contribution in [0.1, 0.15) is 80.3 Å². The number of nitrogens with one attached hydrogen (secondary N) is 1. The van der Waals surface area contributed by atoms with Crippen LogP contribution in [0.5, 0.6) is 0 Å². The standard InChI is InChI=1S/C21H28N6O/c1-14-19-24-25-20(15-6-2-3-7-15)27(19)11-10-26(14)21(28)23-17-12-16-8-4-5-9-18(16)22-13-17/h12-15H,2-11H2,1H3,(H,23,28)/t14-/m1/s1. The van der Waals surface area contributed by atoms with Crippen LogP contribution >= 0.6 is 0 Å². The summed E-state index contributed by atoms with van der Waals surface area (Å²) in [5.41, 5.74) is 3.25. The largest absolute Gasteiger partial charge is 0.322 e. The Balaban J connectivity index is 1.31. The second-order valence-electron chi connectivity index (χ2n) is 8.39. The number of carbonyl (C=O) groups excluding carboxylic acids is 1. The van der Waals surface area contributed by atoms with Gasteiger partial charge in [-0.15, -0.1) is 10.2 Å². The number of hydrogen-bond acceptors (Lipinski definition) is 4. The van der Waals surface area contributed by atoms with Gasteiger partial charge in [0, 0.05) is 24.7 Å². The number of pyridine rings is 1. The Morgan fingerprint density at radius 1 is 1.07 bits per heavy atom. The van der Waals surface area contributed by atoms with Crippen LogP contribution in [-0.4, -0.2) is 37.2 Å². The highest BCUT2D eigenvalue weighted by atomic mass is 16.2. The third-order valence-corrected chi connectivity index (χ3v) is 6.62. The zero-order valence-corrected chi connectivity index (χ0v) is 16.5. The van der Waals surface area contributed by atoms with Crippen molar-refractivity contribution in [1.82, 2.24) is 24.6 Å². The van der Waals surface area contributed by atoms with Crippen LogP contribution in [0.4, 0.5) is 10.5 Å². The summed E-state index contributed by atoms with van der Waals surface area (Å²) >= 11 is 0. The lowest BCUT2D eigenvalue weighted by Crippen LogP contribution is -2.43. The van der Waals surface area contributed by atoms with E-state index in [-0.39, 0.29) is 12.1 Å². The third kappa shape index (κ3) is 3.06. The average molecular weight is 380 g/mol. The van der Waals surface area contributed by atoms with Crippen LogP contribution in [0.3, 0.4) is 0 Å². The van der Waals surface area contributed by atoms with Crippen molar-refractivity contribution in [3.63, 3.8) is 0 Å². The van der Waals surface area contributed by atoms with Crippen LogP contribution < -0.4 is 5.32 Å². The first kappa shape index (κ1) is 17.6. The molecule has 0 saturated heterocycles. The number of carbonyl (C=O) groups is 1. The number of aryl methyl sites for hydroxylation is 2. The summed E-state index contributed by atoms with van der Waals surface area (Å²) in [6.45, 7) is 3.49. The maximum atomic E-state index is 12.9. The molecule has 2 aromatic rings. The maximum Gasteiger partial charge on any atom is 0.322 e. The van der Waals surface area contributed by atoms with Gasteiger partial charge in [-0.2, -0.15) is 0 Å². The highest BCUT2D eigenvalue weighted by Crippen LogP contribution is 2.35. The Morgan fingerprint density at radius 2 is 1.86 bits per heavy atom. The molecule has 0 bridgehead atoms. The molecular weight excluding hydrogens is 352 g/mol. The SMILES string of the molecule is C[C@@H]1c2nnc(C3CCCC3)n2CCN1C(=O)Nc1cnc2c(c1)CCCC2. The summed E-state index contributed by atoms with van der Waals surface area (Å²) in [5.74, 6) is 2.57. The van der Waals surface area contributed by atoms with E-state index in [0.29, 0.717) is 12.5 Å². The number of aromatic nitrogens is 4. The predicted molar refractivity (Wildman–Crippen MR) is 106 cm³/mol. The van der Waals surface area contributed by atoms with Gasteiger partial charge in [0.25, 0.3) is 0 Å². The quantitative estimate of drug-likeness (QED) is 0.859. The van der Waals surface area contributed by atoms with Crippen molar-refractivity contribution in [1.29, 1.82) is 0 Å². The number of urea groups is 1. The first-order valence-electron chi connectivity index (χ1n) is 10.7. The Hall–Kier alpha value is -2.44. The fourth-order valence-corrected chi connectivity index (χ4v) is 5.02. The molecule has 1 saturated carbocycles. The number of hydrogen-bond donors (Lipinski definition) is 1. The average Bonchev–Trinajstić information content (AvgIpc) is 3.38. The minimum Gasteiger partial charge on any atom is -0.313 e. The van der Waals surface area contributed by atoms with E-state index < -0.39 is 0 Å². The smallest absolute Gasteiger partial charge is 0.313 e. The molecule has 1 N–H and O–H groups in total. The van der Waals surface area contributed by atoms with Gasteiger partial charge in [-0.3, -0.25) is 4.98 Å². The predicted octanol–water partition coefficient (Wildman–Crippen LogP) is 3.82. The van der Waals surface area contributed by atoms with Crippen LogP contribution in [-0.2, 0) is 19.4 Å². The van der Waals surface area contributed by atoms with Gasteiger partial charge < -0.3 is 14.8 Å². The van der Waals surface area contributed by atoms with Crippen LogP contribution in [0.25, 0.3) is 0 Å². The fourth-order valence-electron chi connectivity index (χ4n) is 5.02. The minimum absolute atomic E-state index is 0.0815. The van der Waals surface area contributed by atoms with Gasteiger partial charge in [-0.25, -0.2) is 4.79 Å². The molecule has 28 heavy (non-hydrogen) atoms. The molecule has 7 nitrogen and oxygen atoms in total. The molecule has 0 aromatic carbocycles. The first-order valence-corrected chi connectivity index (χ1v) is 10.7. The molecule has 2 amide bonds. The van der Waals surface area contributed by atoms with Crippen LogP contribution in [0.2, 0.25) is 0 Å². The van der Waals surface area contributed by atoms with Crippen molar-refractivity contribution in [2.24, 2.45) is 0 Å². The van der Waals surface area contributed by atoms with Gasteiger partial charge in [-0.1, -0.05) is 12.8 Å². The van der Waals surface area contributed by atoms with Crippen molar-refractivity contribution in [3.05, 3.63) is 35.2 Å². The molecule has 2 aliphatic carbocycles. The lowest BCUT2D eigenvalue weighted by molar-refractivity contribution is 0.171. The van der Waals surface area contributed by atoms with Gasteiger partial charge in [0.15, 0.2) is 5.82 Å². The Morgan fingerprint density at radius 3 is 2.71 bits per heavy atom. The molecule has 2 aromatic heterocycles. The molecule has 0 radical (unpaired) electrons. The van der Waals surface area contributed by atoms with E-state index in [4.69, 9.17) is 0 Å². The summed E-state index contributed by atoms with van der Waals surface area (Å²) in [5, 5.41) is 12.0. The Labute approximate surface area is 165 Å². The highest BCUT2D eigenvalue weighted by molar-refractivity contribution is 5.89. The third-order valence-electron chi connectivity index (χ3n) is 6.62. The zero-order chi connectivity index (χ0) is 19.1. The lowest BCUT2D eigenvalue weighted by atomic mass is 9.96. The summed E-state index contributed by atoms with van der Waals surface area (Å²) in [6, 6.07) is 1.93. The van der Waals surface area contributed by atoms with Gasteiger partial charge in [0.2, 0.25) is 0 Å². The van der Waals surface area contributed by atoms with E-state index in [2.05, 4.69) is 31.1 Å². The highest BCUT2D eigenvalue weighted by Gasteiger charge is 2.33. The number of rotatable bonds is 2. The van der Waals surface area contributed by atoms with E-state index in [9.17, 15) is 4.79 Å². The van der Waals surface area contributed by atoms with Gasteiger partial charge in [0.1, 0.15) is 5.82 Å². The molecule has 5 rings (SSSR count). The number of anilines is 1. The molecule has 1 fully saturated rings. The summed E-state index contributed by atoms with van der Waals surface area (Å²) in [4.78, 5) is 19.4. The molecule has 7 heteroatoms. The molecule has 0 unspecified atom stereocenters. The second kappa shape index (κ2) is 7.18. The number of fused-ring (bicyclic) bond motifs is 2. The normalized spacial score (nSPS) is 22.0. The van der Waals surface area contributed by atoms with E-state index >= 15 is 0 Å². The van der Waals surface area contributed by atoms with Gasteiger partial charge in [-0.05, 0) is 57.1 Å². The number of amides is 2. The number of nitrogens with zero attached hydrogens (tertiary/aromatic N) is 5. The van der Waals surface area contributed by atoms with Crippen molar-refractivity contribution < 1.29 is 4.79 Å². The fraction of sp³-hybridized carbons (Fsp3) is 0.619. The second-order valence-corrected chi connectivity index (χ2v) is 8.39. The topological polar surface area (TPSA) is 75.9 Å². The molecule has 3 aliphatic rings. The monoisotopic (exact) mass is 380 g/mol. The summed E-state index contributed by atoms with van der Waals surface area (Å²) < 4.78 is 2.25. The van der Waals surface area contributed by atoms with E-state index in [0.717, 1.165) is 36.7 Å². The molecule has 1 atom stereocenters. The minimum atomic E-state index is -0.0817. The zero-order valence-electron chi connectivity index (χ0n) is 16.5. The first-order chi connectivity index (χ1) is 13.7. The lowest BCUT2D eigenvalue weighted by Gasteiger charge is -2.34. The van der Waals surface area contributed by atoms with E-state index in [1.165, 1.54) is 49.8 Å². The molecule has 3 heterocycles. The van der Waals surface area contributed by atoms with Crippen LogP contribution in [0.15, 0.2) is 12.3 Å². The Kier molecular flexibility index (Phi) is 4.53. The summed E-state index contributed by atoms with van der Waals surface area (Å²) in [7, 11) is 0. The maximum absolute atomic E-state index is 12.9. The van der Waals surface area contributed by atoms with E-state index in [1.54, 1.807) is 6.20 Å². The Bertz CT molecular complexity index is 885. The molecule has 0 spiro atoms. The van der Waals surface area contributed by atoms with Crippen molar-refractivity contribution >= 4 is 11.7 Å². The van der Waals surface area contributed by atoms with Crippen molar-refractivity contribution in [2.45, 2.75) is 76.8 Å². The summed E-state index contributed by atoms with van der Waals surface area (Å²) in [6.07, 6.45) is 11.3. The van der Waals surface area contributed by atoms with Gasteiger partial charge >= 0.3 is 6.03 Å². The molecular formula is C21H28N6O. The van der Waals surface area contributed by atoms with Crippen molar-refractivity contribution in [3.8, 4) is 0 Å². The molecule has 148 valence electrons. The van der Waals surface area contributed by atoms with Gasteiger partial charge in [0.05, 0.1) is 17.9 Å². The van der Waals surface area contributed by atoms with Crippen LogP contribution in [0, 0.1) is 0 Å².